The van der Waals surface area contributed by atoms with Gasteiger partial charge < -0.3 is 0 Å². The molecule has 15 heavy (non-hydrogen) atoms. The molecule has 1 aromatic heterocycles. The van der Waals surface area contributed by atoms with Gasteiger partial charge in [-0.25, -0.2) is 4.72 Å². The lowest BCUT2D eigenvalue weighted by molar-refractivity contribution is 0.0973. The van der Waals surface area contributed by atoms with E-state index in [9.17, 15) is 13.2 Å². The molecule has 0 aromatic carbocycles. The maximum Gasteiger partial charge on any atom is 0.279 e. The van der Waals surface area contributed by atoms with Crippen LogP contribution in [0.2, 0.25) is 0 Å². The summed E-state index contributed by atoms with van der Waals surface area (Å²) in [5, 5.41) is 1.80. The average Bonchev–Trinajstić information content (AvgIpc) is 2.76. The molecule has 1 aliphatic rings. The van der Waals surface area contributed by atoms with Crippen LogP contribution in [-0.2, 0) is 10.2 Å². The third-order valence-electron chi connectivity index (χ3n) is 2.10. The minimum atomic E-state index is -3.41. The van der Waals surface area contributed by atoms with Crippen LogP contribution < -0.4 is 4.72 Å². The molecule has 2 heterocycles. The Morgan fingerprint density at radius 1 is 1.60 bits per heavy atom. The van der Waals surface area contributed by atoms with E-state index in [1.165, 1.54) is 11.3 Å². The lowest BCUT2D eigenvalue weighted by Crippen LogP contribution is -2.33. The van der Waals surface area contributed by atoms with Gasteiger partial charge >= 0.3 is 0 Å². The van der Waals surface area contributed by atoms with Crippen LogP contribution in [0, 0.1) is 0 Å². The number of hydrogen-bond acceptors (Lipinski definition) is 4. The van der Waals surface area contributed by atoms with Crippen molar-refractivity contribution in [1.29, 1.82) is 0 Å². The molecule has 0 aliphatic carbocycles. The fourth-order valence-electron chi connectivity index (χ4n) is 1.35. The molecular formula is C8H10N2O3S2. The molecule has 1 fully saturated rings. The van der Waals surface area contributed by atoms with Gasteiger partial charge in [-0.2, -0.15) is 12.7 Å². The summed E-state index contributed by atoms with van der Waals surface area (Å²) in [4.78, 5) is 12.2. The van der Waals surface area contributed by atoms with Gasteiger partial charge in [-0.15, -0.1) is 11.3 Å². The zero-order valence-electron chi connectivity index (χ0n) is 7.84. The predicted molar refractivity (Wildman–Crippen MR) is 57.1 cm³/mol. The lowest BCUT2D eigenvalue weighted by Gasteiger charge is -2.10. The number of thiophene rings is 1. The fraction of sp³-hybridized carbons (Fsp3) is 0.375. The van der Waals surface area contributed by atoms with Crippen LogP contribution in [0.15, 0.2) is 17.5 Å². The number of ketones is 1. The number of Topliss-reactive ketones (excluding diaryl/α,β-unsaturated/α-hetero) is 1. The van der Waals surface area contributed by atoms with Gasteiger partial charge in [0.05, 0.1) is 11.4 Å². The van der Waals surface area contributed by atoms with Gasteiger partial charge in [0.2, 0.25) is 0 Å². The quantitative estimate of drug-likeness (QED) is 0.768. The number of nitrogens with one attached hydrogen (secondary N) is 1. The largest absolute Gasteiger partial charge is 0.292 e. The Kier molecular flexibility index (Phi) is 2.87. The maximum absolute atomic E-state index is 11.6. The number of nitrogens with zero attached hydrogens (tertiary/aromatic N) is 1. The molecule has 0 spiro atoms. The molecule has 5 nitrogen and oxygen atoms in total. The van der Waals surface area contributed by atoms with Crippen molar-refractivity contribution >= 4 is 27.3 Å². The molecule has 1 aromatic rings. The first kappa shape index (κ1) is 10.7. The zero-order chi connectivity index (χ0) is 10.9. The summed E-state index contributed by atoms with van der Waals surface area (Å²) < 4.78 is 26.2. The summed E-state index contributed by atoms with van der Waals surface area (Å²) in [6.07, 6.45) is 0. The molecule has 1 saturated heterocycles. The lowest BCUT2D eigenvalue weighted by atomic mass is 10.3. The van der Waals surface area contributed by atoms with Gasteiger partial charge in [0, 0.05) is 13.1 Å². The average molecular weight is 246 g/mol. The van der Waals surface area contributed by atoms with Gasteiger partial charge in [0.1, 0.15) is 0 Å². The summed E-state index contributed by atoms with van der Waals surface area (Å²) in [5.74, 6) is -0.155. The van der Waals surface area contributed by atoms with Crippen LogP contribution in [0.3, 0.4) is 0 Å². The highest BCUT2D eigenvalue weighted by atomic mass is 32.2. The third-order valence-corrected chi connectivity index (χ3v) is 4.57. The summed E-state index contributed by atoms with van der Waals surface area (Å²) in [6.45, 7) is 0.662. The molecule has 0 radical (unpaired) electrons. The zero-order valence-corrected chi connectivity index (χ0v) is 9.47. The van der Waals surface area contributed by atoms with E-state index in [-0.39, 0.29) is 12.3 Å². The molecule has 0 unspecified atom stereocenters. The SMILES string of the molecule is O=C(CN1CCNS1(=O)=O)c1cccs1. The second-order valence-electron chi connectivity index (χ2n) is 3.13. The Bertz CT molecular complexity index is 452. The van der Waals surface area contributed by atoms with E-state index in [0.717, 1.165) is 4.31 Å². The van der Waals surface area contributed by atoms with Crippen molar-refractivity contribution in [3.8, 4) is 0 Å². The van der Waals surface area contributed by atoms with Crippen LogP contribution >= 0.6 is 11.3 Å². The highest BCUT2D eigenvalue weighted by Gasteiger charge is 2.29. The van der Waals surface area contributed by atoms with Crippen LogP contribution in [-0.4, -0.2) is 38.1 Å². The molecule has 0 atom stereocenters. The first-order valence-electron chi connectivity index (χ1n) is 4.41. The summed E-state index contributed by atoms with van der Waals surface area (Å²) in [6, 6.07) is 3.47. The topological polar surface area (TPSA) is 66.5 Å². The van der Waals surface area contributed by atoms with Gasteiger partial charge in [-0.05, 0) is 11.4 Å². The Morgan fingerprint density at radius 2 is 2.40 bits per heavy atom. The number of carbonyl (C=O) groups excluding carboxylic acids is 1. The van der Waals surface area contributed by atoms with Crippen LogP contribution in [0.5, 0.6) is 0 Å². The van der Waals surface area contributed by atoms with Crippen molar-refractivity contribution in [1.82, 2.24) is 9.03 Å². The number of rotatable bonds is 3. The molecule has 0 bridgehead atoms. The molecule has 7 heteroatoms. The molecule has 0 amide bonds. The Balaban J connectivity index is 2.07. The molecule has 1 N–H and O–H groups in total. The van der Waals surface area contributed by atoms with Gasteiger partial charge in [-0.3, -0.25) is 4.79 Å². The van der Waals surface area contributed by atoms with E-state index in [0.29, 0.717) is 18.0 Å². The smallest absolute Gasteiger partial charge is 0.279 e. The third kappa shape index (κ3) is 2.25. The van der Waals surface area contributed by atoms with Crippen LogP contribution in [0.25, 0.3) is 0 Å². The Labute approximate surface area is 91.9 Å². The van der Waals surface area contributed by atoms with Crippen molar-refractivity contribution in [2.45, 2.75) is 0 Å². The minimum Gasteiger partial charge on any atom is -0.292 e. The summed E-state index contributed by atoms with van der Waals surface area (Å²) in [5.41, 5.74) is 0. The van der Waals surface area contributed by atoms with Gasteiger partial charge in [-0.1, -0.05) is 6.07 Å². The molecule has 82 valence electrons. The van der Waals surface area contributed by atoms with E-state index >= 15 is 0 Å². The van der Waals surface area contributed by atoms with Crippen LogP contribution in [0.4, 0.5) is 0 Å². The number of hydrogen-bond donors (Lipinski definition) is 1. The molecule has 2 rings (SSSR count). The van der Waals surface area contributed by atoms with Crippen molar-refractivity contribution < 1.29 is 13.2 Å². The Morgan fingerprint density at radius 3 is 2.93 bits per heavy atom. The van der Waals surface area contributed by atoms with Crippen molar-refractivity contribution in [2.24, 2.45) is 0 Å². The van der Waals surface area contributed by atoms with Crippen molar-refractivity contribution in [3.63, 3.8) is 0 Å². The van der Waals surface area contributed by atoms with E-state index in [2.05, 4.69) is 4.72 Å². The predicted octanol–water partition coefficient (Wildman–Crippen LogP) is 0.0808. The second-order valence-corrected chi connectivity index (χ2v) is 5.84. The molecular weight excluding hydrogens is 236 g/mol. The molecule has 0 saturated carbocycles. The van der Waals surface area contributed by atoms with Gasteiger partial charge in [0.15, 0.2) is 5.78 Å². The second kappa shape index (κ2) is 4.01. The normalized spacial score (nSPS) is 20.5. The van der Waals surface area contributed by atoms with Crippen molar-refractivity contribution in [3.05, 3.63) is 22.4 Å². The van der Waals surface area contributed by atoms with E-state index in [4.69, 9.17) is 0 Å². The highest BCUT2D eigenvalue weighted by molar-refractivity contribution is 7.87. The summed E-state index contributed by atoms with van der Waals surface area (Å²) >= 11 is 1.32. The maximum atomic E-state index is 11.6. The van der Waals surface area contributed by atoms with E-state index < -0.39 is 10.2 Å². The Hall–Kier alpha value is -0.760. The summed E-state index contributed by atoms with van der Waals surface area (Å²) in [7, 11) is -3.41. The van der Waals surface area contributed by atoms with Crippen LogP contribution in [0.1, 0.15) is 9.67 Å². The first-order valence-corrected chi connectivity index (χ1v) is 6.73. The minimum absolute atomic E-state index is 0.0736. The van der Waals surface area contributed by atoms with Crippen molar-refractivity contribution in [2.75, 3.05) is 19.6 Å². The monoisotopic (exact) mass is 246 g/mol. The fourth-order valence-corrected chi connectivity index (χ4v) is 3.16. The van der Waals surface area contributed by atoms with E-state index in [1.807, 2.05) is 0 Å². The molecule has 1 aliphatic heterocycles. The number of carbonyl (C=O) groups is 1. The van der Waals surface area contributed by atoms with Gasteiger partial charge in [0.25, 0.3) is 10.2 Å². The first-order chi connectivity index (χ1) is 7.09. The van der Waals surface area contributed by atoms with E-state index in [1.54, 1.807) is 17.5 Å². The standard InChI is InChI=1S/C8H10N2O3S2/c11-7(8-2-1-5-14-8)6-10-4-3-9-15(10,12)13/h1-2,5,9H,3-4,6H2. The highest BCUT2D eigenvalue weighted by Crippen LogP contribution is 2.12.